The number of rotatable bonds is 5. The molecule has 0 spiro atoms. The van der Waals surface area contributed by atoms with Gasteiger partial charge in [-0.25, -0.2) is 4.98 Å². The lowest BCUT2D eigenvalue weighted by atomic mass is 10.3. The minimum absolute atomic E-state index is 0.0523. The lowest BCUT2D eigenvalue weighted by Crippen LogP contribution is -2.38. The van der Waals surface area contributed by atoms with Crippen LogP contribution in [0.2, 0.25) is 5.02 Å². The number of anilines is 1. The van der Waals surface area contributed by atoms with E-state index in [1.807, 2.05) is 6.92 Å². The number of carbonyl (C=O) groups is 1. The first-order valence-corrected chi connectivity index (χ1v) is 5.67. The normalized spacial score (nSPS) is 11.9. The number of pyridine rings is 1. The highest BCUT2D eigenvalue weighted by atomic mass is 35.5. The van der Waals surface area contributed by atoms with Gasteiger partial charge < -0.3 is 10.6 Å². The van der Waals surface area contributed by atoms with E-state index in [1.54, 1.807) is 25.3 Å². The number of halogens is 1. The van der Waals surface area contributed by atoms with Gasteiger partial charge in [-0.2, -0.15) is 0 Å². The van der Waals surface area contributed by atoms with Crippen LogP contribution in [0, 0.1) is 0 Å². The molecule has 1 heterocycles. The van der Waals surface area contributed by atoms with Crippen molar-refractivity contribution in [3.63, 3.8) is 0 Å². The average molecular weight is 242 g/mol. The van der Waals surface area contributed by atoms with Crippen molar-refractivity contribution in [2.24, 2.45) is 0 Å². The first-order chi connectivity index (χ1) is 7.65. The third-order valence-corrected chi connectivity index (χ3v) is 2.36. The van der Waals surface area contributed by atoms with E-state index in [1.165, 1.54) is 0 Å². The average Bonchev–Trinajstić information content (AvgIpc) is 2.28. The van der Waals surface area contributed by atoms with Gasteiger partial charge in [-0.05, 0) is 25.5 Å². The molecule has 5 heteroatoms. The highest BCUT2D eigenvalue weighted by Gasteiger charge is 2.13. The van der Waals surface area contributed by atoms with Gasteiger partial charge in [0.2, 0.25) is 5.91 Å². The van der Waals surface area contributed by atoms with Crippen molar-refractivity contribution in [2.75, 3.05) is 11.9 Å². The summed E-state index contributed by atoms with van der Waals surface area (Å²) >= 11 is 5.92. The molecule has 0 bridgehead atoms. The van der Waals surface area contributed by atoms with Crippen LogP contribution in [0.1, 0.15) is 20.3 Å². The maximum absolute atomic E-state index is 11.6. The van der Waals surface area contributed by atoms with Gasteiger partial charge in [0.05, 0.1) is 5.02 Å². The molecule has 0 aliphatic rings. The highest BCUT2D eigenvalue weighted by Crippen LogP contribution is 2.17. The summed E-state index contributed by atoms with van der Waals surface area (Å²) in [6, 6.07) is 3.13. The molecule has 0 saturated carbocycles. The highest BCUT2D eigenvalue weighted by molar-refractivity contribution is 6.32. The quantitative estimate of drug-likeness (QED) is 0.830. The first-order valence-electron chi connectivity index (χ1n) is 5.30. The Morgan fingerprint density at radius 3 is 3.00 bits per heavy atom. The summed E-state index contributed by atoms with van der Waals surface area (Å²) < 4.78 is 0. The third kappa shape index (κ3) is 3.70. The van der Waals surface area contributed by atoms with Crippen LogP contribution >= 0.6 is 11.6 Å². The summed E-state index contributed by atoms with van der Waals surface area (Å²) in [5, 5.41) is 6.27. The van der Waals surface area contributed by atoms with Gasteiger partial charge in [0.25, 0.3) is 0 Å². The molecule has 1 aromatic heterocycles. The Morgan fingerprint density at radius 1 is 1.62 bits per heavy atom. The standard InChI is InChI=1S/C11H16ClN3O/c1-3-6-14-11(16)8(2)15-10-9(12)5-4-7-13-10/h4-5,7-8H,3,6H2,1-2H3,(H,13,15)(H,14,16). The van der Waals surface area contributed by atoms with E-state index in [2.05, 4.69) is 15.6 Å². The van der Waals surface area contributed by atoms with Gasteiger partial charge in [-0.3, -0.25) is 4.79 Å². The van der Waals surface area contributed by atoms with Gasteiger partial charge in [0, 0.05) is 12.7 Å². The molecule has 0 aromatic carbocycles. The molecule has 16 heavy (non-hydrogen) atoms. The van der Waals surface area contributed by atoms with Gasteiger partial charge in [0.15, 0.2) is 0 Å². The van der Waals surface area contributed by atoms with Crippen LogP contribution in [-0.2, 0) is 4.79 Å². The Balaban J connectivity index is 2.54. The predicted molar refractivity (Wildman–Crippen MR) is 65.6 cm³/mol. The van der Waals surface area contributed by atoms with Crippen LogP contribution in [0.4, 0.5) is 5.82 Å². The first kappa shape index (κ1) is 12.8. The molecule has 1 aromatic rings. The second kappa shape index (κ2) is 6.33. The number of nitrogens with one attached hydrogen (secondary N) is 2. The monoisotopic (exact) mass is 241 g/mol. The van der Waals surface area contributed by atoms with E-state index >= 15 is 0 Å². The van der Waals surface area contributed by atoms with E-state index < -0.39 is 0 Å². The van der Waals surface area contributed by atoms with Crippen molar-refractivity contribution in [1.29, 1.82) is 0 Å². The lowest BCUT2D eigenvalue weighted by molar-refractivity contribution is -0.121. The molecular weight excluding hydrogens is 226 g/mol. The van der Waals surface area contributed by atoms with E-state index in [0.29, 0.717) is 17.4 Å². The molecule has 0 aliphatic carbocycles. The van der Waals surface area contributed by atoms with Crippen LogP contribution in [0.15, 0.2) is 18.3 Å². The van der Waals surface area contributed by atoms with Crippen molar-refractivity contribution >= 4 is 23.3 Å². The summed E-state index contributed by atoms with van der Waals surface area (Å²) in [5.74, 6) is 0.479. The molecular formula is C11H16ClN3O. The number of amides is 1. The van der Waals surface area contributed by atoms with Crippen molar-refractivity contribution in [2.45, 2.75) is 26.3 Å². The molecule has 1 amide bonds. The topological polar surface area (TPSA) is 54.0 Å². The zero-order valence-electron chi connectivity index (χ0n) is 9.46. The minimum atomic E-state index is -0.348. The summed E-state index contributed by atoms with van der Waals surface area (Å²) in [6.07, 6.45) is 2.55. The summed E-state index contributed by atoms with van der Waals surface area (Å²) in [4.78, 5) is 15.6. The Bertz CT molecular complexity index is 357. The minimum Gasteiger partial charge on any atom is -0.357 e. The van der Waals surface area contributed by atoms with Gasteiger partial charge >= 0.3 is 0 Å². The number of carbonyl (C=O) groups excluding carboxylic acids is 1. The van der Waals surface area contributed by atoms with Crippen molar-refractivity contribution in [3.8, 4) is 0 Å². The molecule has 0 aliphatic heterocycles. The van der Waals surface area contributed by atoms with E-state index in [-0.39, 0.29) is 11.9 Å². The van der Waals surface area contributed by atoms with Crippen LogP contribution < -0.4 is 10.6 Å². The Hall–Kier alpha value is -1.29. The molecule has 4 nitrogen and oxygen atoms in total. The largest absolute Gasteiger partial charge is 0.357 e. The van der Waals surface area contributed by atoms with Gasteiger partial charge in [-0.15, -0.1) is 0 Å². The van der Waals surface area contributed by atoms with E-state index in [4.69, 9.17) is 11.6 Å². The van der Waals surface area contributed by atoms with E-state index in [9.17, 15) is 4.79 Å². The zero-order chi connectivity index (χ0) is 12.0. The van der Waals surface area contributed by atoms with Crippen LogP contribution in [0.3, 0.4) is 0 Å². The molecule has 0 fully saturated rings. The smallest absolute Gasteiger partial charge is 0.242 e. The molecule has 0 radical (unpaired) electrons. The second-order valence-electron chi connectivity index (χ2n) is 3.49. The third-order valence-electron chi connectivity index (χ3n) is 2.05. The number of hydrogen-bond acceptors (Lipinski definition) is 3. The molecule has 1 unspecified atom stereocenters. The number of hydrogen-bond donors (Lipinski definition) is 2. The molecule has 1 rings (SSSR count). The summed E-state index contributed by atoms with van der Waals surface area (Å²) in [5.41, 5.74) is 0. The van der Waals surface area contributed by atoms with Crippen molar-refractivity contribution in [1.82, 2.24) is 10.3 Å². The summed E-state index contributed by atoms with van der Waals surface area (Å²) in [6.45, 7) is 4.46. The fourth-order valence-corrected chi connectivity index (χ4v) is 1.34. The molecule has 88 valence electrons. The SMILES string of the molecule is CCCNC(=O)C(C)Nc1ncccc1Cl. The molecule has 1 atom stereocenters. The van der Waals surface area contributed by atoms with Crippen LogP contribution in [0.25, 0.3) is 0 Å². The maximum atomic E-state index is 11.6. The fourth-order valence-electron chi connectivity index (χ4n) is 1.16. The zero-order valence-corrected chi connectivity index (χ0v) is 10.2. The number of aromatic nitrogens is 1. The Kier molecular flexibility index (Phi) is 5.05. The molecule has 2 N–H and O–H groups in total. The van der Waals surface area contributed by atoms with Gasteiger partial charge in [-0.1, -0.05) is 18.5 Å². The van der Waals surface area contributed by atoms with Crippen LogP contribution in [-0.4, -0.2) is 23.5 Å². The van der Waals surface area contributed by atoms with Crippen LogP contribution in [0.5, 0.6) is 0 Å². The van der Waals surface area contributed by atoms with Gasteiger partial charge in [0.1, 0.15) is 11.9 Å². The number of nitrogens with zero attached hydrogens (tertiary/aromatic N) is 1. The van der Waals surface area contributed by atoms with E-state index in [0.717, 1.165) is 6.42 Å². The second-order valence-corrected chi connectivity index (χ2v) is 3.90. The fraction of sp³-hybridized carbons (Fsp3) is 0.455. The Labute approximate surface area is 100 Å². The Morgan fingerprint density at radius 2 is 2.38 bits per heavy atom. The maximum Gasteiger partial charge on any atom is 0.242 e. The molecule has 0 saturated heterocycles. The predicted octanol–water partition coefficient (Wildman–Crippen LogP) is 2.06. The van der Waals surface area contributed by atoms with Crippen molar-refractivity contribution in [3.05, 3.63) is 23.4 Å². The summed E-state index contributed by atoms with van der Waals surface area (Å²) in [7, 11) is 0. The van der Waals surface area contributed by atoms with Crippen molar-refractivity contribution < 1.29 is 4.79 Å². The lowest BCUT2D eigenvalue weighted by Gasteiger charge is -2.14.